The highest BCUT2D eigenvalue weighted by molar-refractivity contribution is 5.71. The van der Waals surface area contributed by atoms with Gasteiger partial charge >= 0.3 is 17.9 Å². The van der Waals surface area contributed by atoms with Gasteiger partial charge in [-0.1, -0.05) is 252 Å². The van der Waals surface area contributed by atoms with Crippen LogP contribution in [0.3, 0.4) is 0 Å². The maximum Gasteiger partial charge on any atom is 0.306 e. The molecule has 0 aromatic rings. The number of hydrogen-bond acceptors (Lipinski definition) is 6. The summed E-state index contributed by atoms with van der Waals surface area (Å²) in [4.78, 5) is 37.9. The number of esters is 3. The highest BCUT2D eigenvalue weighted by atomic mass is 16.6. The average molecular weight is 821 g/mol. The Kier molecular flexibility index (Phi) is 45.2. The number of hydrogen-bond donors (Lipinski definition) is 0. The van der Waals surface area contributed by atoms with E-state index in [0.717, 1.165) is 63.7 Å². The van der Waals surface area contributed by atoms with Crippen molar-refractivity contribution in [3.63, 3.8) is 0 Å². The third-order valence-electron chi connectivity index (χ3n) is 12.2. The van der Waals surface area contributed by atoms with Crippen molar-refractivity contribution >= 4 is 17.9 Å². The molecule has 0 aromatic heterocycles. The van der Waals surface area contributed by atoms with E-state index in [1.54, 1.807) is 0 Å². The first-order valence-electron chi connectivity index (χ1n) is 25.9. The summed E-state index contributed by atoms with van der Waals surface area (Å²) in [7, 11) is 0. The van der Waals surface area contributed by atoms with Gasteiger partial charge in [0.1, 0.15) is 13.2 Å². The lowest BCUT2D eigenvalue weighted by Crippen LogP contribution is -2.30. The second kappa shape index (κ2) is 46.5. The minimum atomic E-state index is -0.760. The molecule has 6 nitrogen and oxygen atoms in total. The zero-order valence-corrected chi connectivity index (χ0v) is 39.5. The van der Waals surface area contributed by atoms with Gasteiger partial charge in [-0.2, -0.15) is 0 Å². The van der Waals surface area contributed by atoms with E-state index in [-0.39, 0.29) is 31.1 Å². The van der Waals surface area contributed by atoms with E-state index in [0.29, 0.717) is 19.3 Å². The summed E-state index contributed by atoms with van der Waals surface area (Å²) < 4.78 is 16.8. The van der Waals surface area contributed by atoms with Crippen LogP contribution < -0.4 is 0 Å². The van der Waals surface area contributed by atoms with Gasteiger partial charge in [0.2, 0.25) is 0 Å². The van der Waals surface area contributed by atoms with Gasteiger partial charge in [0.25, 0.3) is 0 Å². The predicted molar refractivity (Wildman–Crippen MR) is 247 cm³/mol. The lowest BCUT2D eigenvalue weighted by atomic mass is 9.99. The summed E-state index contributed by atoms with van der Waals surface area (Å²) in [6.45, 7) is 9.04. The van der Waals surface area contributed by atoms with Crippen LogP contribution in [-0.2, 0) is 28.6 Å². The average Bonchev–Trinajstić information content (AvgIpc) is 3.22. The van der Waals surface area contributed by atoms with E-state index in [9.17, 15) is 14.4 Å². The van der Waals surface area contributed by atoms with Crippen molar-refractivity contribution in [2.45, 2.75) is 297 Å². The Morgan fingerprint density at radius 2 is 0.603 bits per heavy atom. The second-order valence-electron chi connectivity index (χ2n) is 18.1. The number of carbonyl (C=O) groups excluding carboxylic acids is 3. The molecule has 6 heteroatoms. The molecule has 0 bridgehead atoms. The summed E-state index contributed by atoms with van der Waals surface area (Å²) in [5, 5.41) is 0. The molecule has 344 valence electrons. The smallest absolute Gasteiger partial charge is 0.306 e. The van der Waals surface area contributed by atoms with Gasteiger partial charge in [-0.3, -0.25) is 14.4 Å². The molecule has 58 heavy (non-hydrogen) atoms. The standard InChI is InChI=1S/C52H100O6/c1-5-8-10-12-14-16-18-19-20-21-23-27-31-35-39-43-50(53)56-46-49(58-52(55)45-41-37-33-29-22-17-15-13-11-9-6-2)47-57-51(54)44-40-36-32-28-25-24-26-30-34-38-42-48(4)7-3/h48-49H,5-47H2,1-4H3/t48?,49-/m0/s1. The van der Waals surface area contributed by atoms with Crippen molar-refractivity contribution in [2.24, 2.45) is 5.92 Å². The number of unbranched alkanes of at least 4 members (excludes halogenated alkanes) is 33. The monoisotopic (exact) mass is 821 g/mol. The fourth-order valence-electron chi connectivity index (χ4n) is 7.83. The molecular formula is C52H100O6. The largest absolute Gasteiger partial charge is 0.462 e. The highest BCUT2D eigenvalue weighted by Crippen LogP contribution is 2.17. The second-order valence-corrected chi connectivity index (χ2v) is 18.1. The van der Waals surface area contributed by atoms with Crippen LogP contribution >= 0.6 is 0 Å². The van der Waals surface area contributed by atoms with E-state index in [1.165, 1.54) is 186 Å². The molecular weight excluding hydrogens is 721 g/mol. The summed E-state index contributed by atoms with van der Waals surface area (Å²) in [5.41, 5.74) is 0. The van der Waals surface area contributed by atoms with Crippen LogP contribution in [0.5, 0.6) is 0 Å². The molecule has 0 amide bonds. The molecule has 0 aliphatic heterocycles. The zero-order valence-electron chi connectivity index (χ0n) is 39.5. The van der Waals surface area contributed by atoms with E-state index in [4.69, 9.17) is 14.2 Å². The van der Waals surface area contributed by atoms with Crippen LogP contribution in [-0.4, -0.2) is 37.2 Å². The van der Waals surface area contributed by atoms with Gasteiger partial charge in [-0.15, -0.1) is 0 Å². The zero-order chi connectivity index (χ0) is 42.4. The summed E-state index contributed by atoms with van der Waals surface area (Å²) in [5.74, 6) is 0.0247. The van der Waals surface area contributed by atoms with Gasteiger partial charge < -0.3 is 14.2 Å². The third-order valence-corrected chi connectivity index (χ3v) is 12.2. The molecule has 0 saturated heterocycles. The van der Waals surface area contributed by atoms with Crippen LogP contribution in [0.25, 0.3) is 0 Å². The van der Waals surface area contributed by atoms with Gasteiger partial charge in [-0.25, -0.2) is 0 Å². The van der Waals surface area contributed by atoms with E-state index >= 15 is 0 Å². The maximum atomic E-state index is 12.7. The van der Waals surface area contributed by atoms with Crippen molar-refractivity contribution < 1.29 is 28.6 Å². The third kappa shape index (κ3) is 44.0. The van der Waals surface area contributed by atoms with Crippen molar-refractivity contribution in [1.82, 2.24) is 0 Å². The normalized spacial score (nSPS) is 12.4. The summed E-state index contributed by atoms with van der Waals surface area (Å²) >= 11 is 0. The van der Waals surface area contributed by atoms with Gasteiger partial charge in [0, 0.05) is 19.3 Å². The Morgan fingerprint density at radius 3 is 0.897 bits per heavy atom. The number of carbonyl (C=O) groups is 3. The minimum Gasteiger partial charge on any atom is -0.462 e. The Labute approximate surface area is 361 Å². The van der Waals surface area contributed by atoms with Crippen LogP contribution in [0.4, 0.5) is 0 Å². The molecule has 0 N–H and O–H groups in total. The molecule has 0 radical (unpaired) electrons. The maximum absolute atomic E-state index is 12.7. The van der Waals surface area contributed by atoms with E-state index in [1.807, 2.05) is 0 Å². The predicted octanol–water partition coefficient (Wildman–Crippen LogP) is 16.7. The van der Waals surface area contributed by atoms with Crippen molar-refractivity contribution in [3.8, 4) is 0 Å². The van der Waals surface area contributed by atoms with Crippen LogP contribution in [0.15, 0.2) is 0 Å². The van der Waals surface area contributed by atoms with Gasteiger partial charge in [0.15, 0.2) is 6.10 Å². The molecule has 0 heterocycles. The Bertz CT molecular complexity index is 874. The van der Waals surface area contributed by atoms with Crippen LogP contribution in [0, 0.1) is 5.92 Å². The van der Waals surface area contributed by atoms with Crippen molar-refractivity contribution in [3.05, 3.63) is 0 Å². The van der Waals surface area contributed by atoms with Gasteiger partial charge in [-0.05, 0) is 25.2 Å². The van der Waals surface area contributed by atoms with E-state index < -0.39 is 6.10 Å². The number of ether oxygens (including phenoxy) is 3. The fourth-order valence-corrected chi connectivity index (χ4v) is 7.83. The first-order valence-corrected chi connectivity index (χ1v) is 25.9. The van der Waals surface area contributed by atoms with Crippen LogP contribution in [0.2, 0.25) is 0 Å². The quantitative estimate of drug-likeness (QED) is 0.0346. The molecule has 0 spiro atoms. The lowest BCUT2D eigenvalue weighted by Gasteiger charge is -2.18. The first-order chi connectivity index (χ1) is 28.4. The Balaban J connectivity index is 4.30. The molecule has 0 aliphatic rings. The lowest BCUT2D eigenvalue weighted by molar-refractivity contribution is -0.167. The molecule has 0 aliphatic carbocycles. The molecule has 0 fully saturated rings. The SMILES string of the molecule is CCCCCCCCCCCCCCCCCC(=O)OC[C@@H](COC(=O)CCCCCCCCCCCCC(C)CC)OC(=O)CCCCCCCCCCCCC. The molecule has 0 saturated carbocycles. The molecule has 1 unspecified atom stereocenters. The Morgan fingerprint density at radius 1 is 0.345 bits per heavy atom. The topological polar surface area (TPSA) is 78.9 Å². The van der Waals surface area contributed by atoms with E-state index in [2.05, 4.69) is 27.7 Å². The minimum absolute atomic E-state index is 0.0628. The van der Waals surface area contributed by atoms with Crippen molar-refractivity contribution in [2.75, 3.05) is 13.2 Å². The number of rotatable bonds is 47. The fraction of sp³-hybridized carbons (Fsp3) is 0.942. The molecule has 0 rings (SSSR count). The molecule has 0 aromatic carbocycles. The first kappa shape index (κ1) is 56.4. The van der Waals surface area contributed by atoms with Gasteiger partial charge in [0.05, 0.1) is 0 Å². The van der Waals surface area contributed by atoms with Crippen molar-refractivity contribution in [1.29, 1.82) is 0 Å². The summed E-state index contributed by atoms with van der Waals surface area (Å²) in [6, 6.07) is 0. The highest BCUT2D eigenvalue weighted by Gasteiger charge is 2.19. The molecule has 2 atom stereocenters. The van der Waals surface area contributed by atoms with Crippen LogP contribution in [0.1, 0.15) is 291 Å². The summed E-state index contributed by atoms with van der Waals surface area (Å²) in [6.07, 6.45) is 47.9. The Hall–Kier alpha value is -1.59.